The minimum atomic E-state index is -0.459. The van der Waals surface area contributed by atoms with Crippen molar-refractivity contribution in [2.45, 2.75) is 107 Å². The summed E-state index contributed by atoms with van der Waals surface area (Å²) < 4.78 is 10.3. The van der Waals surface area contributed by atoms with E-state index in [2.05, 4.69) is 0 Å². The van der Waals surface area contributed by atoms with Gasteiger partial charge in [0.05, 0.1) is 0 Å². The molecule has 0 aliphatic heterocycles. The van der Waals surface area contributed by atoms with Crippen LogP contribution >= 0.6 is 23.5 Å². The van der Waals surface area contributed by atoms with Gasteiger partial charge < -0.3 is 14.4 Å². The Morgan fingerprint density at radius 3 is 1.55 bits per heavy atom. The van der Waals surface area contributed by atoms with Crippen molar-refractivity contribution in [3.05, 3.63) is 0 Å². The summed E-state index contributed by atoms with van der Waals surface area (Å²) in [5.74, 6) is 1.37. The van der Waals surface area contributed by atoms with Crippen LogP contribution in [0.25, 0.3) is 0 Å². The number of unbranched alkanes of at least 4 members (excludes halogenated alkanes) is 1. The maximum Gasteiger partial charge on any atom is 0.410 e. The zero-order valence-electron chi connectivity index (χ0n) is 20.7. The Balaban J connectivity index is -0.000000241. The predicted molar refractivity (Wildman–Crippen MR) is 143 cm³/mol. The summed E-state index contributed by atoms with van der Waals surface area (Å²) in [4.78, 5) is 45.6. The van der Waals surface area contributed by atoms with Gasteiger partial charge in [0.25, 0.3) is 0 Å². The van der Waals surface area contributed by atoms with Gasteiger partial charge >= 0.3 is 12.1 Å². The van der Waals surface area contributed by atoms with E-state index >= 15 is 0 Å². The highest BCUT2D eigenvalue weighted by Gasteiger charge is 2.19. The number of nitrogens with zero attached hydrogens (tertiary/aromatic N) is 1. The largest absolute Gasteiger partial charge is 0.460 e. The highest BCUT2D eigenvalue weighted by molar-refractivity contribution is 8.13. The molecule has 0 N–H and O–H groups in total. The van der Waals surface area contributed by atoms with Crippen LogP contribution in [0.15, 0.2) is 0 Å². The van der Waals surface area contributed by atoms with Crippen LogP contribution in [0.1, 0.15) is 95.9 Å². The lowest BCUT2D eigenvalue weighted by molar-refractivity contribution is -0.154. The van der Waals surface area contributed by atoms with Crippen molar-refractivity contribution in [1.82, 2.24) is 4.90 Å². The lowest BCUT2D eigenvalue weighted by atomic mass is 10.2. The molecule has 33 heavy (non-hydrogen) atoms. The van der Waals surface area contributed by atoms with E-state index in [1.54, 1.807) is 20.9 Å². The third kappa shape index (κ3) is 33.0. The van der Waals surface area contributed by atoms with Crippen molar-refractivity contribution in [2.75, 3.05) is 25.1 Å². The first kappa shape index (κ1) is 39.0. The second kappa shape index (κ2) is 20.2. The Bertz CT molecular complexity index is 568. The topological polar surface area (TPSA) is 90.0 Å². The van der Waals surface area contributed by atoms with Crippen LogP contribution in [0.3, 0.4) is 0 Å². The molecule has 0 saturated carbocycles. The normalized spacial score (nSPS) is 10.5. The Morgan fingerprint density at radius 2 is 1.15 bits per heavy atom. The highest BCUT2D eigenvalue weighted by Crippen LogP contribution is 2.12. The van der Waals surface area contributed by atoms with Crippen molar-refractivity contribution in [3.8, 4) is 0 Å². The molecule has 9 heteroatoms. The van der Waals surface area contributed by atoms with Gasteiger partial charge in [0.2, 0.25) is 0 Å². The lowest BCUT2D eigenvalue weighted by Gasteiger charge is -2.24. The van der Waals surface area contributed by atoms with Crippen molar-refractivity contribution in [3.63, 3.8) is 0 Å². The summed E-state index contributed by atoms with van der Waals surface area (Å²) in [6.07, 6.45) is 2.58. The van der Waals surface area contributed by atoms with Gasteiger partial charge in [-0.05, 0) is 60.8 Å². The molecule has 0 aliphatic carbocycles. The van der Waals surface area contributed by atoms with Gasteiger partial charge in [-0.2, -0.15) is 0 Å². The molecule has 0 aromatic rings. The Labute approximate surface area is 211 Å². The van der Waals surface area contributed by atoms with Gasteiger partial charge in [-0.3, -0.25) is 14.4 Å². The predicted octanol–water partition coefficient (Wildman–Crippen LogP) is 6.57. The fourth-order valence-corrected chi connectivity index (χ4v) is 3.13. The summed E-state index contributed by atoms with van der Waals surface area (Å²) in [6.45, 7) is 14.8. The van der Waals surface area contributed by atoms with Gasteiger partial charge in [-0.25, -0.2) is 4.79 Å². The summed E-state index contributed by atoms with van der Waals surface area (Å²) >= 11 is 2.59. The standard InChI is InChI=1S/C11H21NO3S.C11H20O3S.2CH4/c1-9(13)16-8-6-7-12(5)10(14)15-11(2,3)4;1-9(12)15-8-6-5-7-10(13)14-11(2,3)4;;/h6-8H2,1-5H3;5-8H2,1-4H3;2*1H4. The number of amides is 1. The van der Waals surface area contributed by atoms with Crippen LogP contribution < -0.4 is 0 Å². The van der Waals surface area contributed by atoms with Crippen LogP contribution in [-0.4, -0.2) is 63.5 Å². The fraction of sp³-hybridized carbons (Fsp3) is 0.833. The zero-order valence-corrected chi connectivity index (χ0v) is 22.3. The second-order valence-electron chi connectivity index (χ2n) is 8.98. The van der Waals surface area contributed by atoms with E-state index < -0.39 is 11.2 Å². The summed E-state index contributed by atoms with van der Waals surface area (Å²) in [5, 5.41) is 0.243. The van der Waals surface area contributed by atoms with Crippen molar-refractivity contribution >= 4 is 45.8 Å². The molecule has 7 nitrogen and oxygen atoms in total. The van der Waals surface area contributed by atoms with Crippen molar-refractivity contribution in [1.29, 1.82) is 0 Å². The molecule has 0 aromatic heterocycles. The maximum atomic E-state index is 11.5. The second-order valence-corrected chi connectivity index (χ2v) is 11.5. The van der Waals surface area contributed by atoms with Gasteiger partial charge in [0.15, 0.2) is 10.2 Å². The van der Waals surface area contributed by atoms with E-state index in [9.17, 15) is 19.2 Å². The molecule has 0 aliphatic rings. The minimum Gasteiger partial charge on any atom is -0.460 e. The van der Waals surface area contributed by atoms with E-state index in [-0.39, 0.29) is 37.1 Å². The molecule has 0 saturated heterocycles. The minimum absolute atomic E-state index is 0. The number of rotatable bonds is 9. The molecule has 0 aromatic carbocycles. The SMILES string of the molecule is C.C.CC(=O)SCCCCC(=O)OC(C)(C)C.CC(=O)SCCCN(C)C(=O)OC(C)(C)C. The first-order chi connectivity index (χ1) is 14.0. The lowest BCUT2D eigenvalue weighted by Crippen LogP contribution is -2.34. The van der Waals surface area contributed by atoms with Crippen LogP contribution in [0.2, 0.25) is 0 Å². The number of hydrogen-bond acceptors (Lipinski definition) is 8. The quantitative estimate of drug-likeness (QED) is 0.253. The number of hydrogen-bond donors (Lipinski definition) is 0. The van der Waals surface area contributed by atoms with E-state index in [0.29, 0.717) is 13.0 Å². The van der Waals surface area contributed by atoms with Gasteiger partial charge in [-0.1, -0.05) is 38.4 Å². The van der Waals surface area contributed by atoms with Crippen molar-refractivity contribution < 1.29 is 28.7 Å². The average Bonchev–Trinajstić information content (AvgIpc) is 2.55. The highest BCUT2D eigenvalue weighted by atomic mass is 32.2. The molecule has 0 rings (SSSR count). The Morgan fingerprint density at radius 1 is 0.727 bits per heavy atom. The van der Waals surface area contributed by atoms with E-state index in [1.165, 1.54) is 28.4 Å². The maximum absolute atomic E-state index is 11.5. The molecule has 0 unspecified atom stereocenters. The third-order valence-corrected chi connectivity index (χ3v) is 4.95. The van der Waals surface area contributed by atoms with Crippen LogP contribution in [-0.2, 0) is 23.9 Å². The molecule has 0 fully saturated rings. The number of carbonyl (C=O) groups is 4. The Kier molecular flexibility index (Phi) is 23.9. The zero-order chi connectivity index (χ0) is 24.7. The van der Waals surface area contributed by atoms with E-state index in [0.717, 1.165) is 30.8 Å². The van der Waals surface area contributed by atoms with E-state index in [4.69, 9.17) is 9.47 Å². The molecular formula is C24H49NO6S2. The monoisotopic (exact) mass is 511 g/mol. The molecule has 198 valence electrons. The number of ether oxygens (including phenoxy) is 2. The first-order valence-electron chi connectivity index (χ1n) is 10.5. The van der Waals surface area contributed by atoms with Gasteiger partial charge in [-0.15, -0.1) is 0 Å². The molecule has 0 bridgehead atoms. The van der Waals surface area contributed by atoms with Crippen LogP contribution in [0, 0.1) is 0 Å². The number of esters is 1. The molecular weight excluding hydrogens is 462 g/mol. The van der Waals surface area contributed by atoms with Crippen LogP contribution in [0.5, 0.6) is 0 Å². The third-order valence-electron chi connectivity index (χ3n) is 3.15. The fourth-order valence-electron chi connectivity index (χ4n) is 1.93. The molecule has 1 amide bonds. The average molecular weight is 512 g/mol. The van der Waals surface area contributed by atoms with Crippen LogP contribution in [0.4, 0.5) is 4.79 Å². The molecule has 0 radical (unpaired) electrons. The number of thioether (sulfide) groups is 2. The van der Waals surface area contributed by atoms with Gasteiger partial charge in [0, 0.05) is 45.4 Å². The molecule has 0 atom stereocenters. The van der Waals surface area contributed by atoms with Crippen molar-refractivity contribution in [2.24, 2.45) is 0 Å². The molecule has 0 heterocycles. The summed E-state index contributed by atoms with van der Waals surface area (Å²) in [5.41, 5.74) is -0.856. The Hall–Kier alpha value is -1.22. The summed E-state index contributed by atoms with van der Waals surface area (Å²) in [6, 6.07) is 0. The first-order valence-corrected chi connectivity index (χ1v) is 12.4. The summed E-state index contributed by atoms with van der Waals surface area (Å²) in [7, 11) is 1.70. The smallest absolute Gasteiger partial charge is 0.410 e. The van der Waals surface area contributed by atoms with E-state index in [1.807, 2.05) is 41.5 Å². The number of carbonyl (C=O) groups excluding carboxylic acids is 4. The van der Waals surface area contributed by atoms with Gasteiger partial charge in [0.1, 0.15) is 11.2 Å². The molecule has 0 spiro atoms.